The van der Waals surface area contributed by atoms with Gasteiger partial charge >= 0.3 is 6.09 Å². The molecule has 0 bridgehead atoms. The molecule has 1 saturated heterocycles. The lowest BCUT2D eigenvalue weighted by Crippen LogP contribution is -2.43. The van der Waals surface area contributed by atoms with Crippen molar-refractivity contribution in [3.05, 3.63) is 81.9 Å². The zero-order valence-corrected chi connectivity index (χ0v) is 24.8. The number of hydrogen-bond donors (Lipinski definition) is 1. The highest BCUT2D eigenvalue weighted by molar-refractivity contribution is 6.30. The summed E-state index contributed by atoms with van der Waals surface area (Å²) in [5.74, 6) is 0.566. The normalized spacial score (nSPS) is 21.4. The zero-order chi connectivity index (χ0) is 29.6. The first-order valence-electron chi connectivity index (χ1n) is 14.4. The molecule has 2 unspecified atom stereocenters. The second-order valence-electron chi connectivity index (χ2n) is 12.4. The van der Waals surface area contributed by atoms with Crippen molar-refractivity contribution in [2.75, 3.05) is 19.6 Å². The van der Waals surface area contributed by atoms with Gasteiger partial charge in [0.1, 0.15) is 11.4 Å². The van der Waals surface area contributed by atoms with Crippen LogP contribution in [0, 0.1) is 17.7 Å². The van der Waals surface area contributed by atoms with Gasteiger partial charge in [0.05, 0.1) is 24.5 Å². The lowest BCUT2D eigenvalue weighted by molar-refractivity contribution is 0.0253. The number of benzene rings is 2. The number of ether oxygens (including phenoxy) is 1. The predicted octanol–water partition coefficient (Wildman–Crippen LogP) is 6.33. The topological polar surface area (TPSA) is 79.7 Å². The third kappa shape index (κ3) is 5.94. The highest BCUT2D eigenvalue weighted by Crippen LogP contribution is 2.38. The molecule has 0 radical (unpaired) electrons. The molecule has 2 aromatic carbocycles. The number of amides is 2. The predicted molar refractivity (Wildman–Crippen MR) is 159 cm³/mol. The van der Waals surface area contributed by atoms with Crippen molar-refractivity contribution in [3.63, 3.8) is 0 Å². The van der Waals surface area contributed by atoms with Gasteiger partial charge < -0.3 is 4.74 Å². The monoisotopic (exact) mass is 591 g/mol. The molecular weight excluding hydrogens is 557 g/mol. The van der Waals surface area contributed by atoms with Gasteiger partial charge in [-0.15, -0.1) is 0 Å². The lowest BCUT2D eigenvalue weighted by atomic mass is 9.97. The van der Waals surface area contributed by atoms with E-state index >= 15 is 0 Å². The standard InChI is InChI=1S/C32H35ClFN5O3/c1-32(2,3)42-31(41)37-16-23(15-20-7-11-25(34)12-8-20)29-27(19-37)28(35-39(29)26-13-9-24(33)10-14-26)30(40)36-38-17-21-5-4-6-22(21)18-38/h7-15,21-22H,4-6,16-19H2,1-3H3,(H,36,40)/b23-15+. The van der Waals surface area contributed by atoms with E-state index in [4.69, 9.17) is 21.4 Å². The van der Waals surface area contributed by atoms with Crippen LogP contribution >= 0.6 is 11.6 Å². The van der Waals surface area contributed by atoms with Crippen molar-refractivity contribution in [3.8, 4) is 5.69 Å². The van der Waals surface area contributed by atoms with Crippen molar-refractivity contribution in [2.45, 2.75) is 52.2 Å². The van der Waals surface area contributed by atoms with E-state index in [0.29, 0.717) is 28.1 Å². The number of aromatic nitrogens is 2. The number of nitrogens with one attached hydrogen (secondary N) is 1. The Balaban J connectivity index is 1.44. The maximum Gasteiger partial charge on any atom is 0.410 e. The van der Waals surface area contributed by atoms with Crippen LogP contribution in [0.25, 0.3) is 17.3 Å². The first-order chi connectivity index (χ1) is 20.0. The number of nitrogens with zero attached hydrogens (tertiary/aromatic N) is 4. The largest absolute Gasteiger partial charge is 0.444 e. The fourth-order valence-corrected chi connectivity index (χ4v) is 6.39. The van der Waals surface area contributed by atoms with Crippen molar-refractivity contribution < 1.29 is 18.7 Å². The molecule has 2 amide bonds. The molecule has 2 aliphatic heterocycles. The summed E-state index contributed by atoms with van der Waals surface area (Å²) in [5.41, 5.74) is 6.20. The number of rotatable bonds is 4. The summed E-state index contributed by atoms with van der Waals surface area (Å²) in [6.07, 6.45) is 5.04. The van der Waals surface area contributed by atoms with E-state index in [9.17, 15) is 14.0 Å². The van der Waals surface area contributed by atoms with Crippen LogP contribution in [0.2, 0.25) is 5.02 Å². The van der Waals surface area contributed by atoms with Gasteiger partial charge in [0, 0.05) is 23.7 Å². The van der Waals surface area contributed by atoms with Gasteiger partial charge in [-0.05, 0) is 99.1 Å². The molecule has 2 fully saturated rings. The molecule has 2 atom stereocenters. The first kappa shape index (κ1) is 28.4. The third-order valence-electron chi connectivity index (χ3n) is 8.13. The van der Waals surface area contributed by atoms with Crippen molar-refractivity contribution in [2.24, 2.45) is 11.8 Å². The Morgan fingerprint density at radius 2 is 1.69 bits per heavy atom. The van der Waals surface area contributed by atoms with Crippen molar-refractivity contribution in [1.82, 2.24) is 25.1 Å². The number of hydrogen-bond acceptors (Lipinski definition) is 5. The minimum atomic E-state index is -0.695. The quantitative estimate of drug-likeness (QED) is 0.383. The first-order valence-corrected chi connectivity index (χ1v) is 14.8. The van der Waals surface area contributed by atoms with Crippen molar-refractivity contribution in [1.29, 1.82) is 0 Å². The second-order valence-corrected chi connectivity index (χ2v) is 12.9. The van der Waals surface area contributed by atoms with E-state index < -0.39 is 11.7 Å². The summed E-state index contributed by atoms with van der Waals surface area (Å²) in [5, 5.41) is 7.42. The molecule has 10 heteroatoms. The average molecular weight is 592 g/mol. The van der Waals surface area contributed by atoms with Crippen LogP contribution in [0.4, 0.5) is 9.18 Å². The maximum atomic E-state index is 13.9. The van der Waals surface area contributed by atoms with Gasteiger partial charge in [0.25, 0.3) is 5.91 Å². The molecule has 220 valence electrons. The van der Waals surface area contributed by atoms with Gasteiger partial charge in [-0.2, -0.15) is 5.10 Å². The molecule has 3 heterocycles. The molecule has 1 N–H and O–H groups in total. The number of carbonyl (C=O) groups is 2. The Labute approximate surface area is 250 Å². The number of hydrazine groups is 1. The Morgan fingerprint density at radius 3 is 2.33 bits per heavy atom. The molecule has 6 rings (SSSR count). The number of carbonyl (C=O) groups excluding carboxylic acids is 2. The fraction of sp³-hybridized carbons (Fsp3) is 0.406. The molecular formula is C32H35ClFN5O3. The second kappa shape index (κ2) is 11.2. The number of fused-ring (bicyclic) bond motifs is 2. The van der Waals surface area contributed by atoms with Crippen LogP contribution in [-0.2, 0) is 11.3 Å². The molecule has 0 spiro atoms. The van der Waals surface area contributed by atoms with Gasteiger partial charge in [-0.3, -0.25) is 15.1 Å². The van der Waals surface area contributed by atoms with Crippen LogP contribution in [-0.4, -0.2) is 56.9 Å². The van der Waals surface area contributed by atoms with Gasteiger partial charge in [0.2, 0.25) is 0 Å². The van der Waals surface area contributed by atoms with Crippen LogP contribution in [0.3, 0.4) is 0 Å². The van der Waals surface area contributed by atoms with Gasteiger partial charge in [-0.1, -0.05) is 30.2 Å². The van der Waals surface area contributed by atoms with Crippen LogP contribution in [0.15, 0.2) is 48.5 Å². The Morgan fingerprint density at radius 1 is 1.02 bits per heavy atom. The van der Waals surface area contributed by atoms with E-state index in [1.807, 2.05) is 44.0 Å². The summed E-state index contributed by atoms with van der Waals surface area (Å²) >= 11 is 6.19. The van der Waals surface area contributed by atoms with Gasteiger partial charge in [0.15, 0.2) is 5.69 Å². The minimum Gasteiger partial charge on any atom is -0.444 e. The van der Waals surface area contributed by atoms with E-state index in [1.165, 1.54) is 31.4 Å². The summed E-state index contributed by atoms with van der Waals surface area (Å²) < 4.78 is 21.2. The Kier molecular flexibility index (Phi) is 7.57. The molecule has 3 aliphatic rings. The van der Waals surface area contributed by atoms with Crippen LogP contribution < -0.4 is 5.43 Å². The van der Waals surface area contributed by atoms with E-state index in [2.05, 4.69) is 5.43 Å². The fourth-order valence-electron chi connectivity index (χ4n) is 6.26. The smallest absolute Gasteiger partial charge is 0.410 e. The SMILES string of the molecule is CC(C)(C)OC(=O)N1C/C(=C\c2ccc(F)cc2)c2c(c(C(=O)NN3CC4CCCC4C3)nn2-c2ccc(Cl)cc2)C1. The van der Waals surface area contributed by atoms with Crippen molar-refractivity contribution >= 4 is 35.3 Å². The molecule has 1 aromatic heterocycles. The number of halogens is 2. The minimum absolute atomic E-state index is 0.145. The van der Waals surface area contributed by atoms with Crippen LogP contribution in [0.5, 0.6) is 0 Å². The van der Waals surface area contributed by atoms with E-state index in [1.54, 1.807) is 33.8 Å². The lowest BCUT2D eigenvalue weighted by Gasteiger charge is -2.32. The molecule has 42 heavy (non-hydrogen) atoms. The maximum absolute atomic E-state index is 13.9. The van der Waals surface area contributed by atoms with Gasteiger partial charge in [-0.25, -0.2) is 18.9 Å². The molecule has 8 nitrogen and oxygen atoms in total. The zero-order valence-electron chi connectivity index (χ0n) is 24.1. The summed E-state index contributed by atoms with van der Waals surface area (Å²) in [6.45, 7) is 7.48. The van der Waals surface area contributed by atoms with E-state index in [-0.39, 0.29) is 30.5 Å². The molecule has 1 saturated carbocycles. The highest BCUT2D eigenvalue weighted by Gasteiger charge is 2.39. The van der Waals surface area contributed by atoms with Crippen LogP contribution in [0.1, 0.15) is 67.3 Å². The highest BCUT2D eigenvalue weighted by atomic mass is 35.5. The Hall–Kier alpha value is -3.69. The third-order valence-corrected chi connectivity index (χ3v) is 8.38. The average Bonchev–Trinajstić information content (AvgIpc) is 3.63. The molecule has 1 aliphatic carbocycles. The molecule has 3 aromatic rings. The summed E-state index contributed by atoms with van der Waals surface area (Å²) in [4.78, 5) is 28.8. The summed E-state index contributed by atoms with van der Waals surface area (Å²) in [6, 6.07) is 13.4. The summed E-state index contributed by atoms with van der Waals surface area (Å²) in [7, 11) is 0. The van der Waals surface area contributed by atoms with E-state index in [0.717, 1.165) is 29.9 Å². The Bertz CT molecular complexity index is 1520.